The van der Waals surface area contributed by atoms with Gasteiger partial charge in [0.05, 0.1) is 6.54 Å². The number of anilines is 2. The fourth-order valence-corrected chi connectivity index (χ4v) is 1.90. The molecule has 0 saturated heterocycles. The zero-order valence-electron chi connectivity index (χ0n) is 12.7. The summed E-state index contributed by atoms with van der Waals surface area (Å²) in [6.07, 6.45) is 0.927. The van der Waals surface area contributed by atoms with Crippen molar-refractivity contribution < 1.29 is 14.0 Å². The van der Waals surface area contributed by atoms with Crippen LogP contribution in [0.4, 0.5) is 20.6 Å². The van der Waals surface area contributed by atoms with Crippen molar-refractivity contribution in [3.05, 3.63) is 59.9 Å². The summed E-state index contributed by atoms with van der Waals surface area (Å²) in [7, 11) is 0. The molecule has 2 aromatic carbocycles. The van der Waals surface area contributed by atoms with Gasteiger partial charge in [-0.2, -0.15) is 0 Å². The fraction of sp³-hybridized carbons (Fsp3) is 0.176. The number of benzene rings is 2. The summed E-state index contributed by atoms with van der Waals surface area (Å²) < 4.78 is 12.8. The van der Waals surface area contributed by atoms with Gasteiger partial charge in [0.2, 0.25) is 5.91 Å². The first-order valence-corrected chi connectivity index (χ1v) is 7.26. The third kappa shape index (κ3) is 5.43. The number of carbonyl (C=O) groups is 2. The smallest absolute Gasteiger partial charge is 0.319 e. The van der Waals surface area contributed by atoms with Gasteiger partial charge in [0.15, 0.2) is 0 Å². The molecule has 23 heavy (non-hydrogen) atoms. The van der Waals surface area contributed by atoms with Crippen LogP contribution >= 0.6 is 0 Å². The Kier molecular flexibility index (Phi) is 5.68. The monoisotopic (exact) mass is 315 g/mol. The average Bonchev–Trinajstić information content (AvgIpc) is 2.56. The van der Waals surface area contributed by atoms with Gasteiger partial charge in [-0.05, 0) is 48.4 Å². The van der Waals surface area contributed by atoms with Crippen LogP contribution in [0.5, 0.6) is 0 Å². The number of urea groups is 1. The zero-order chi connectivity index (χ0) is 16.7. The van der Waals surface area contributed by atoms with Crippen molar-refractivity contribution in [2.45, 2.75) is 13.3 Å². The normalized spacial score (nSPS) is 10.0. The number of carbonyl (C=O) groups excluding carboxylic acids is 2. The first-order chi connectivity index (χ1) is 11.1. The van der Waals surface area contributed by atoms with Crippen molar-refractivity contribution in [3.63, 3.8) is 0 Å². The van der Waals surface area contributed by atoms with Crippen LogP contribution in [-0.2, 0) is 11.2 Å². The maximum absolute atomic E-state index is 12.8. The van der Waals surface area contributed by atoms with Gasteiger partial charge in [-0.25, -0.2) is 9.18 Å². The highest BCUT2D eigenvalue weighted by molar-refractivity contribution is 5.96. The van der Waals surface area contributed by atoms with E-state index in [1.165, 1.54) is 29.8 Å². The van der Waals surface area contributed by atoms with Gasteiger partial charge in [-0.3, -0.25) is 4.79 Å². The topological polar surface area (TPSA) is 70.2 Å². The van der Waals surface area contributed by atoms with E-state index < -0.39 is 11.9 Å². The molecule has 0 unspecified atom stereocenters. The van der Waals surface area contributed by atoms with Crippen LogP contribution in [0.3, 0.4) is 0 Å². The largest absolute Gasteiger partial charge is 0.329 e. The number of amides is 3. The Morgan fingerprint density at radius 3 is 2.09 bits per heavy atom. The number of hydrogen-bond acceptors (Lipinski definition) is 2. The van der Waals surface area contributed by atoms with Crippen molar-refractivity contribution in [2.24, 2.45) is 0 Å². The van der Waals surface area contributed by atoms with E-state index in [9.17, 15) is 14.0 Å². The standard InChI is InChI=1S/C17H18FN3O2/c1-2-12-3-7-15(8-4-12)21-17(23)19-11-16(22)20-14-9-5-13(18)6-10-14/h3-10H,2,11H2,1H3,(H,20,22)(H2,19,21,23). The Morgan fingerprint density at radius 1 is 0.913 bits per heavy atom. The SMILES string of the molecule is CCc1ccc(NC(=O)NCC(=O)Nc2ccc(F)cc2)cc1. The Labute approximate surface area is 133 Å². The van der Waals surface area contributed by atoms with E-state index >= 15 is 0 Å². The van der Waals surface area contributed by atoms with E-state index in [0.29, 0.717) is 11.4 Å². The summed E-state index contributed by atoms with van der Waals surface area (Å²) in [6, 6.07) is 12.4. The molecule has 0 atom stereocenters. The third-order valence-corrected chi connectivity index (χ3v) is 3.16. The number of rotatable bonds is 5. The van der Waals surface area contributed by atoms with Crippen molar-refractivity contribution >= 4 is 23.3 Å². The molecule has 6 heteroatoms. The molecule has 3 amide bonds. The lowest BCUT2D eigenvalue weighted by atomic mass is 10.1. The quantitative estimate of drug-likeness (QED) is 0.793. The van der Waals surface area contributed by atoms with Crippen molar-refractivity contribution in [1.29, 1.82) is 0 Å². The van der Waals surface area contributed by atoms with E-state index in [4.69, 9.17) is 0 Å². The number of aryl methyl sites for hydroxylation is 1. The van der Waals surface area contributed by atoms with Gasteiger partial charge in [0.25, 0.3) is 0 Å². The van der Waals surface area contributed by atoms with E-state index in [1.807, 2.05) is 12.1 Å². The van der Waals surface area contributed by atoms with E-state index in [2.05, 4.69) is 22.9 Å². The highest BCUT2D eigenvalue weighted by atomic mass is 19.1. The minimum absolute atomic E-state index is 0.184. The van der Waals surface area contributed by atoms with Gasteiger partial charge in [0, 0.05) is 11.4 Å². The van der Waals surface area contributed by atoms with Crippen LogP contribution < -0.4 is 16.0 Å². The molecule has 0 fully saturated rings. The van der Waals surface area contributed by atoms with Gasteiger partial charge in [-0.1, -0.05) is 19.1 Å². The van der Waals surface area contributed by atoms with E-state index in [0.717, 1.165) is 6.42 Å². The third-order valence-electron chi connectivity index (χ3n) is 3.16. The number of halogens is 1. The molecule has 3 N–H and O–H groups in total. The Bertz CT molecular complexity index is 669. The predicted molar refractivity (Wildman–Crippen MR) is 87.9 cm³/mol. The van der Waals surface area contributed by atoms with Crippen molar-refractivity contribution in [1.82, 2.24) is 5.32 Å². The predicted octanol–water partition coefficient (Wildman–Crippen LogP) is 3.15. The summed E-state index contributed by atoms with van der Waals surface area (Å²) in [4.78, 5) is 23.4. The maximum Gasteiger partial charge on any atom is 0.319 e. The summed E-state index contributed by atoms with van der Waals surface area (Å²) in [5, 5.41) is 7.65. The fourth-order valence-electron chi connectivity index (χ4n) is 1.90. The molecule has 5 nitrogen and oxygen atoms in total. The zero-order valence-corrected chi connectivity index (χ0v) is 12.7. The highest BCUT2D eigenvalue weighted by Gasteiger charge is 2.06. The molecule has 0 aliphatic heterocycles. The lowest BCUT2D eigenvalue weighted by Gasteiger charge is -2.09. The van der Waals surface area contributed by atoms with E-state index in [-0.39, 0.29) is 12.4 Å². The second-order valence-electron chi connectivity index (χ2n) is 4.91. The molecular weight excluding hydrogens is 297 g/mol. The summed E-state index contributed by atoms with van der Waals surface area (Å²) in [6.45, 7) is 1.87. The Hall–Kier alpha value is -2.89. The minimum atomic E-state index is -0.469. The number of hydrogen-bond donors (Lipinski definition) is 3. The molecular formula is C17H18FN3O2. The van der Waals surface area contributed by atoms with Gasteiger partial charge >= 0.3 is 6.03 Å². The number of nitrogens with one attached hydrogen (secondary N) is 3. The summed E-state index contributed by atoms with van der Waals surface area (Å²) in [5.41, 5.74) is 2.29. The maximum atomic E-state index is 12.8. The van der Waals surface area contributed by atoms with Crippen LogP contribution in [0.15, 0.2) is 48.5 Å². The molecule has 2 aromatic rings. The second-order valence-corrected chi connectivity index (χ2v) is 4.91. The summed E-state index contributed by atoms with van der Waals surface area (Å²) in [5.74, 6) is -0.775. The first kappa shape index (κ1) is 16.5. The molecule has 0 radical (unpaired) electrons. The lowest BCUT2D eigenvalue weighted by molar-refractivity contribution is -0.115. The molecule has 120 valence electrons. The van der Waals surface area contributed by atoms with Crippen LogP contribution in [0.1, 0.15) is 12.5 Å². The van der Waals surface area contributed by atoms with Crippen LogP contribution in [-0.4, -0.2) is 18.5 Å². The van der Waals surface area contributed by atoms with Crippen LogP contribution in [0, 0.1) is 5.82 Å². The Balaban J connectivity index is 1.76. The van der Waals surface area contributed by atoms with Gasteiger partial charge in [0.1, 0.15) is 5.82 Å². The summed E-state index contributed by atoms with van der Waals surface area (Å²) >= 11 is 0. The Morgan fingerprint density at radius 2 is 1.48 bits per heavy atom. The van der Waals surface area contributed by atoms with Crippen molar-refractivity contribution in [3.8, 4) is 0 Å². The van der Waals surface area contributed by atoms with Gasteiger partial charge < -0.3 is 16.0 Å². The van der Waals surface area contributed by atoms with Gasteiger partial charge in [-0.15, -0.1) is 0 Å². The molecule has 0 aromatic heterocycles. The first-order valence-electron chi connectivity index (χ1n) is 7.26. The average molecular weight is 315 g/mol. The lowest BCUT2D eigenvalue weighted by Crippen LogP contribution is -2.35. The molecule has 0 spiro atoms. The molecule has 0 saturated carbocycles. The molecule has 0 aliphatic carbocycles. The molecule has 0 bridgehead atoms. The minimum Gasteiger partial charge on any atom is -0.329 e. The highest BCUT2D eigenvalue weighted by Crippen LogP contribution is 2.10. The molecule has 0 heterocycles. The molecule has 0 aliphatic rings. The molecule has 2 rings (SSSR count). The van der Waals surface area contributed by atoms with Crippen molar-refractivity contribution in [2.75, 3.05) is 17.2 Å². The second kappa shape index (κ2) is 7.93. The van der Waals surface area contributed by atoms with E-state index in [1.54, 1.807) is 12.1 Å². The van der Waals surface area contributed by atoms with Crippen LogP contribution in [0.25, 0.3) is 0 Å². The van der Waals surface area contributed by atoms with Crippen LogP contribution in [0.2, 0.25) is 0 Å².